The lowest BCUT2D eigenvalue weighted by Gasteiger charge is -2.10. The van der Waals surface area contributed by atoms with Gasteiger partial charge in [-0.25, -0.2) is 0 Å². The van der Waals surface area contributed by atoms with E-state index < -0.39 is 10.1 Å². The minimum Gasteiger partial charge on any atom is -0.487 e. The Kier molecular flexibility index (Phi) is 5.16. The lowest BCUT2D eigenvalue weighted by molar-refractivity contribution is 0.103. The molecule has 1 N–H and O–H groups in total. The summed E-state index contributed by atoms with van der Waals surface area (Å²) in [5.41, 5.74) is 1.93. The second-order valence-corrected chi connectivity index (χ2v) is 6.99. The molecule has 0 aliphatic heterocycles. The Morgan fingerprint density at radius 2 is 1.38 bits per heavy atom. The molecule has 3 rings (SSSR count). The number of rotatable bonds is 6. The Balaban J connectivity index is 1.72. The highest BCUT2D eigenvalue weighted by Gasteiger charge is 2.16. The van der Waals surface area contributed by atoms with Gasteiger partial charge in [0.25, 0.3) is 10.1 Å². The Bertz CT molecular complexity index is 1010. The molecule has 0 aromatic heterocycles. The zero-order valence-corrected chi connectivity index (χ0v) is 14.5. The number of para-hydroxylation sites is 1. The Morgan fingerprint density at radius 3 is 2.04 bits per heavy atom. The van der Waals surface area contributed by atoms with Gasteiger partial charge in [0.2, 0.25) is 0 Å². The van der Waals surface area contributed by atoms with Crippen molar-refractivity contribution in [3.8, 4) is 5.75 Å². The SMILES string of the molecule is O=C(c1ccccc1)c1ccc(COc2ccccc2S(=O)(=O)O)cc1. The second kappa shape index (κ2) is 7.51. The average molecular weight is 368 g/mol. The molecule has 5 nitrogen and oxygen atoms in total. The third-order valence-electron chi connectivity index (χ3n) is 3.77. The van der Waals surface area contributed by atoms with Crippen molar-refractivity contribution in [2.75, 3.05) is 0 Å². The summed E-state index contributed by atoms with van der Waals surface area (Å²) in [6.45, 7) is 0.104. The second-order valence-electron chi connectivity index (χ2n) is 5.60. The molecule has 0 radical (unpaired) electrons. The van der Waals surface area contributed by atoms with Gasteiger partial charge >= 0.3 is 0 Å². The van der Waals surface area contributed by atoms with Crippen LogP contribution in [0.3, 0.4) is 0 Å². The quantitative estimate of drug-likeness (QED) is 0.529. The van der Waals surface area contributed by atoms with Gasteiger partial charge in [-0.1, -0.05) is 66.7 Å². The Labute approximate surface area is 151 Å². The van der Waals surface area contributed by atoms with Crippen LogP contribution in [0.5, 0.6) is 5.75 Å². The number of ether oxygens (including phenoxy) is 1. The van der Waals surface area contributed by atoms with E-state index in [9.17, 15) is 17.8 Å². The molecule has 0 aliphatic carbocycles. The van der Waals surface area contributed by atoms with E-state index >= 15 is 0 Å². The van der Waals surface area contributed by atoms with Gasteiger partial charge in [0, 0.05) is 11.1 Å². The molecule has 132 valence electrons. The maximum Gasteiger partial charge on any atom is 0.298 e. The smallest absolute Gasteiger partial charge is 0.298 e. The summed E-state index contributed by atoms with van der Waals surface area (Å²) in [6, 6.07) is 21.7. The van der Waals surface area contributed by atoms with Crippen molar-refractivity contribution in [1.82, 2.24) is 0 Å². The predicted molar refractivity (Wildman–Crippen MR) is 96.9 cm³/mol. The van der Waals surface area contributed by atoms with Gasteiger partial charge in [-0.15, -0.1) is 0 Å². The molecule has 26 heavy (non-hydrogen) atoms. The van der Waals surface area contributed by atoms with Crippen molar-refractivity contribution < 1.29 is 22.5 Å². The van der Waals surface area contributed by atoms with E-state index in [1.807, 2.05) is 18.2 Å². The van der Waals surface area contributed by atoms with Gasteiger partial charge in [0.1, 0.15) is 17.3 Å². The standard InChI is InChI=1S/C20H16O5S/c21-20(16-6-2-1-3-7-16)17-12-10-15(11-13-17)14-25-18-8-4-5-9-19(18)26(22,23)24/h1-13H,14H2,(H,22,23,24). The molecule has 3 aromatic rings. The summed E-state index contributed by atoms with van der Waals surface area (Å²) in [6.07, 6.45) is 0. The van der Waals surface area contributed by atoms with Crippen LogP contribution in [-0.4, -0.2) is 18.8 Å². The van der Waals surface area contributed by atoms with Gasteiger partial charge in [0.15, 0.2) is 5.78 Å². The van der Waals surface area contributed by atoms with Crippen LogP contribution in [0.2, 0.25) is 0 Å². The minimum atomic E-state index is -4.36. The van der Waals surface area contributed by atoms with E-state index in [2.05, 4.69) is 0 Å². The molecule has 6 heteroatoms. The largest absolute Gasteiger partial charge is 0.487 e. The molecule has 0 fully saturated rings. The summed E-state index contributed by atoms with van der Waals surface area (Å²) in [7, 11) is -4.36. The third-order valence-corrected chi connectivity index (χ3v) is 4.67. The first-order chi connectivity index (χ1) is 12.4. The molecule has 0 saturated heterocycles. The number of carbonyl (C=O) groups excluding carboxylic acids is 1. The lowest BCUT2D eigenvalue weighted by atomic mass is 10.0. The molecular weight excluding hydrogens is 352 g/mol. The zero-order chi connectivity index (χ0) is 18.6. The van der Waals surface area contributed by atoms with Crippen molar-refractivity contribution in [3.63, 3.8) is 0 Å². The summed E-state index contributed by atoms with van der Waals surface area (Å²) < 4.78 is 37.5. The molecule has 0 saturated carbocycles. The molecule has 3 aromatic carbocycles. The maximum absolute atomic E-state index is 12.4. The van der Waals surface area contributed by atoms with Crippen molar-refractivity contribution in [2.45, 2.75) is 11.5 Å². The lowest BCUT2D eigenvalue weighted by Crippen LogP contribution is -2.04. The Hall–Kier alpha value is -2.96. The van der Waals surface area contributed by atoms with Gasteiger partial charge in [-0.3, -0.25) is 9.35 Å². The number of ketones is 1. The molecule has 0 spiro atoms. The summed E-state index contributed by atoms with van der Waals surface area (Å²) in [4.78, 5) is 12.1. The molecule has 0 bridgehead atoms. The van der Waals surface area contributed by atoms with Crippen molar-refractivity contribution in [2.24, 2.45) is 0 Å². The molecular formula is C20H16O5S. The highest BCUT2D eigenvalue weighted by atomic mass is 32.2. The van der Waals surface area contributed by atoms with Crippen LogP contribution in [0.1, 0.15) is 21.5 Å². The number of hydrogen-bond donors (Lipinski definition) is 1. The van der Waals surface area contributed by atoms with Crippen molar-refractivity contribution in [3.05, 3.63) is 95.6 Å². The fourth-order valence-electron chi connectivity index (χ4n) is 2.45. The van der Waals surface area contributed by atoms with Crippen LogP contribution in [-0.2, 0) is 16.7 Å². The highest BCUT2D eigenvalue weighted by molar-refractivity contribution is 7.86. The van der Waals surface area contributed by atoms with Gasteiger partial charge in [0.05, 0.1) is 0 Å². The fourth-order valence-corrected chi connectivity index (χ4v) is 3.08. The van der Waals surface area contributed by atoms with E-state index in [0.717, 1.165) is 5.56 Å². The number of benzene rings is 3. The van der Waals surface area contributed by atoms with Crippen molar-refractivity contribution >= 4 is 15.9 Å². The summed E-state index contributed by atoms with van der Waals surface area (Å²) in [5, 5.41) is 0. The molecule has 0 unspecified atom stereocenters. The van der Waals surface area contributed by atoms with E-state index in [4.69, 9.17) is 4.74 Å². The third kappa shape index (κ3) is 4.17. The first-order valence-electron chi connectivity index (χ1n) is 7.83. The van der Waals surface area contributed by atoms with E-state index in [0.29, 0.717) is 11.1 Å². The first-order valence-corrected chi connectivity index (χ1v) is 9.27. The van der Waals surface area contributed by atoms with Crippen LogP contribution in [0, 0.1) is 0 Å². The highest BCUT2D eigenvalue weighted by Crippen LogP contribution is 2.24. The monoisotopic (exact) mass is 368 g/mol. The summed E-state index contributed by atoms with van der Waals surface area (Å²) in [5.74, 6) is -0.00535. The molecule has 0 amide bonds. The fraction of sp³-hybridized carbons (Fsp3) is 0.0500. The van der Waals surface area contributed by atoms with E-state index in [1.54, 1.807) is 42.5 Å². The number of hydrogen-bond acceptors (Lipinski definition) is 4. The van der Waals surface area contributed by atoms with Crippen LogP contribution in [0.4, 0.5) is 0 Å². The predicted octanol–water partition coefficient (Wildman–Crippen LogP) is 3.74. The van der Waals surface area contributed by atoms with Crippen LogP contribution < -0.4 is 4.74 Å². The van der Waals surface area contributed by atoms with Crippen LogP contribution >= 0.6 is 0 Å². The van der Waals surface area contributed by atoms with Gasteiger partial charge < -0.3 is 4.74 Å². The normalized spacial score (nSPS) is 11.1. The van der Waals surface area contributed by atoms with Crippen LogP contribution in [0.25, 0.3) is 0 Å². The topological polar surface area (TPSA) is 80.7 Å². The van der Waals surface area contributed by atoms with Gasteiger partial charge in [-0.2, -0.15) is 8.42 Å². The molecule has 0 heterocycles. The van der Waals surface area contributed by atoms with Crippen LogP contribution in [0.15, 0.2) is 83.8 Å². The summed E-state index contributed by atoms with van der Waals surface area (Å²) >= 11 is 0. The molecule has 0 atom stereocenters. The van der Waals surface area contributed by atoms with Crippen molar-refractivity contribution in [1.29, 1.82) is 0 Å². The average Bonchev–Trinajstić information content (AvgIpc) is 2.66. The van der Waals surface area contributed by atoms with E-state index in [1.165, 1.54) is 18.2 Å². The minimum absolute atomic E-state index is 0.0689. The molecule has 0 aliphatic rings. The number of carbonyl (C=O) groups is 1. The first kappa shape index (κ1) is 17.8. The zero-order valence-electron chi connectivity index (χ0n) is 13.7. The Morgan fingerprint density at radius 1 is 0.808 bits per heavy atom. The maximum atomic E-state index is 12.4. The van der Waals surface area contributed by atoms with Gasteiger partial charge in [-0.05, 0) is 17.7 Å². The van der Waals surface area contributed by atoms with E-state index in [-0.39, 0.29) is 23.0 Å².